The number of allylic oxidation sites excluding steroid dienone is 3. The molecule has 1 saturated carbocycles. The summed E-state index contributed by atoms with van der Waals surface area (Å²) in [6, 6.07) is 10.6. The van der Waals surface area contributed by atoms with Gasteiger partial charge in [0, 0.05) is 28.8 Å². The Kier molecular flexibility index (Phi) is 8.96. The summed E-state index contributed by atoms with van der Waals surface area (Å²) < 4.78 is 17.0. The minimum absolute atomic E-state index is 0.0371. The van der Waals surface area contributed by atoms with Crippen LogP contribution in [0.2, 0.25) is 0 Å². The molecule has 10 heteroatoms. The molecule has 1 fully saturated rings. The van der Waals surface area contributed by atoms with Gasteiger partial charge in [0.15, 0.2) is 17.3 Å². The van der Waals surface area contributed by atoms with Gasteiger partial charge in [0.25, 0.3) is 5.69 Å². The van der Waals surface area contributed by atoms with E-state index in [1.54, 1.807) is 29.3 Å². The van der Waals surface area contributed by atoms with E-state index in [1.165, 1.54) is 6.07 Å². The highest BCUT2D eigenvalue weighted by Crippen LogP contribution is 2.35. The second-order valence-corrected chi connectivity index (χ2v) is 9.92. The van der Waals surface area contributed by atoms with Gasteiger partial charge in [0.1, 0.15) is 5.69 Å². The molecule has 0 atom stereocenters. The second-order valence-electron chi connectivity index (χ2n) is 9.01. The first kappa shape index (κ1) is 26.8. The molecule has 37 heavy (non-hydrogen) atoms. The second kappa shape index (κ2) is 12.4. The van der Waals surface area contributed by atoms with E-state index in [4.69, 9.17) is 20.1 Å². The van der Waals surface area contributed by atoms with E-state index >= 15 is 0 Å². The lowest BCUT2D eigenvalue weighted by atomic mass is 9.92. The predicted molar refractivity (Wildman–Crippen MR) is 144 cm³/mol. The Labute approximate surface area is 224 Å². The number of benzene rings is 2. The molecule has 5 rings (SSSR count). The maximum atomic E-state index is 11.2. The van der Waals surface area contributed by atoms with Crippen LogP contribution in [0.25, 0.3) is 6.08 Å². The third-order valence-electron chi connectivity index (χ3n) is 6.42. The van der Waals surface area contributed by atoms with Crippen molar-refractivity contribution in [3.8, 4) is 11.5 Å². The Morgan fingerprint density at radius 1 is 1.14 bits per heavy atom. The summed E-state index contributed by atoms with van der Waals surface area (Å²) in [5.41, 5.74) is 2.17. The maximum absolute atomic E-state index is 11.2. The fourth-order valence-electron chi connectivity index (χ4n) is 4.38. The van der Waals surface area contributed by atoms with Gasteiger partial charge in [0.05, 0.1) is 11.0 Å². The van der Waals surface area contributed by atoms with Gasteiger partial charge < -0.3 is 19.2 Å². The first-order chi connectivity index (χ1) is 17.9. The molecule has 3 aliphatic rings. The van der Waals surface area contributed by atoms with Crippen LogP contribution in [0.5, 0.6) is 11.5 Å². The van der Waals surface area contributed by atoms with Crippen molar-refractivity contribution in [2.45, 2.75) is 51.2 Å². The number of nitro groups is 1. The van der Waals surface area contributed by atoms with Crippen LogP contribution >= 0.6 is 15.9 Å². The molecular weight excluding hydrogens is 542 g/mol. The van der Waals surface area contributed by atoms with Crippen molar-refractivity contribution >= 4 is 39.2 Å². The Balaban J connectivity index is 0.000000184. The molecule has 0 radical (unpaired) electrons. The Bertz CT molecular complexity index is 1210. The van der Waals surface area contributed by atoms with Crippen molar-refractivity contribution < 1.29 is 23.9 Å². The molecule has 0 amide bonds. The van der Waals surface area contributed by atoms with Gasteiger partial charge in [-0.3, -0.25) is 14.9 Å². The van der Waals surface area contributed by atoms with Gasteiger partial charge >= 0.3 is 0 Å². The highest BCUT2D eigenvalue weighted by atomic mass is 79.9. The summed E-state index contributed by atoms with van der Waals surface area (Å²) in [6.07, 6.45) is 10.2. The minimum Gasteiger partial charge on any atom is -0.454 e. The van der Waals surface area contributed by atoms with Crippen molar-refractivity contribution in [1.29, 1.82) is 0 Å². The summed E-state index contributed by atoms with van der Waals surface area (Å²) in [7, 11) is 0. The molecule has 0 spiro atoms. The van der Waals surface area contributed by atoms with E-state index in [2.05, 4.69) is 22.9 Å². The zero-order valence-corrected chi connectivity index (χ0v) is 22.2. The molecule has 2 aliphatic carbocycles. The summed E-state index contributed by atoms with van der Waals surface area (Å²) in [6.45, 7) is 3.16. The average Bonchev–Trinajstić information content (AvgIpc) is 3.38. The molecule has 0 bridgehead atoms. The minimum atomic E-state index is -0.391. The van der Waals surface area contributed by atoms with E-state index in [0.29, 0.717) is 11.8 Å². The van der Waals surface area contributed by atoms with Gasteiger partial charge in [0.2, 0.25) is 6.79 Å². The molecular formula is C27H30BrN3O6. The fraction of sp³-hybridized carbons (Fsp3) is 0.370. The van der Waals surface area contributed by atoms with E-state index in [-0.39, 0.29) is 24.3 Å². The first-order valence-corrected chi connectivity index (χ1v) is 13.1. The number of ketones is 1. The van der Waals surface area contributed by atoms with Crippen molar-refractivity contribution in [3.05, 3.63) is 74.3 Å². The van der Waals surface area contributed by atoms with Crippen LogP contribution in [-0.4, -0.2) is 36.3 Å². The number of anilines is 1. The molecule has 0 aromatic heterocycles. The number of hydrazine groups is 1. The number of halogens is 1. The van der Waals surface area contributed by atoms with Crippen LogP contribution in [0.1, 0.15) is 44.6 Å². The SMILES string of the molecule is CCCOC1CCC(N(N)c2cc(Br)ccc2[N+](=O)[O-])CC1.O=C1C=CC1=Cc1ccc2c(c1)OCO2. The Morgan fingerprint density at radius 3 is 2.54 bits per heavy atom. The summed E-state index contributed by atoms with van der Waals surface area (Å²) in [5, 5.41) is 12.7. The average molecular weight is 572 g/mol. The maximum Gasteiger partial charge on any atom is 0.293 e. The van der Waals surface area contributed by atoms with E-state index in [0.717, 1.165) is 65.8 Å². The predicted octanol–water partition coefficient (Wildman–Crippen LogP) is 5.71. The lowest BCUT2D eigenvalue weighted by Crippen LogP contribution is -2.44. The summed E-state index contributed by atoms with van der Waals surface area (Å²) in [5.74, 6) is 7.76. The summed E-state index contributed by atoms with van der Waals surface area (Å²) in [4.78, 5) is 21.8. The molecule has 0 unspecified atom stereocenters. The molecule has 2 aromatic carbocycles. The smallest absolute Gasteiger partial charge is 0.293 e. The largest absolute Gasteiger partial charge is 0.454 e. The zero-order chi connectivity index (χ0) is 26.4. The number of nitrogens with zero attached hydrogens (tertiary/aromatic N) is 2. The standard InChI is InChI=1S/C15H22BrN3O3.C12H8O3/c1-2-9-22-13-6-4-12(5-7-13)18(17)15-10-11(16)3-8-14(15)19(20)21;13-10-3-2-9(10)5-8-1-4-11-12(6-8)15-7-14-11/h3,8,10,12-13H,2,4-7,9,17H2,1H3;1-6H,7H2. The lowest BCUT2D eigenvalue weighted by molar-refractivity contribution is -0.384. The van der Waals surface area contributed by atoms with E-state index in [9.17, 15) is 14.9 Å². The highest BCUT2D eigenvalue weighted by Gasteiger charge is 2.28. The third kappa shape index (κ3) is 6.76. The molecule has 1 aliphatic heterocycles. The molecule has 196 valence electrons. The number of fused-ring (bicyclic) bond motifs is 1. The summed E-state index contributed by atoms with van der Waals surface area (Å²) >= 11 is 3.35. The van der Waals surface area contributed by atoms with Gasteiger partial charge in [-0.25, -0.2) is 5.84 Å². The molecule has 9 nitrogen and oxygen atoms in total. The highest BCUT2D eigenvalue weighted by molar-refractivity contribution is 9.10. The van der Waals surface area contributed by atoms with Gasteiger partial charge in [-0.2, -0.15) is 0 Å². The van der Waals surface area contributed by atoms with Crippen LogP contribution in [0, 0.1) is 10.1 Å². The van der Waals surface area contributed by atoms with Gasteiger partial charge in [-0.05, 0) is 80.2 Å². The number of carbonyl (C=O) groups is 1. The first-order valence-electron chi connectivity index (χ1n) is 12.3. The normalized spacial score (nSPS) is 20.7. The number of hydrogen-bond donors (Lipinski definition) is 1. The number of nitrogens with two attached hydrogens (primary N) is 1. The van der Waals surface area contributed by atoms with Crippen molar-refractivity contribution in [3.63, 3.8) is 0 Å². The third-order valence-corrected chi connectivity index (χ3v) is 6.92. The van der Waals surface area contributed by atoms with Crippen LogP contribution in [0.4, 0.5) is 11.4 Å². The fourth-order valence-corrected chi connectivity index (χ4v) is 4.73. The number of nitro benzene ring substituents is 1. The van der Waals surface area contributed by atoms with Crippen LogP contribution < -0.4 is 20.3 Å². The Morgan fingerprint density at radius 2 is 1.89 bits per heavy atom. The topological polar surface area (TPSA) is 117 Å². The van der Waals surface area contributed by atoms with E-state index < -0.39 is 4.92 Å². The zero-order valence-electron chi connectivity index (χ0n) is 20.6. The molecule has 0 saturated heterocycles. The van der Waals surface area contributed by atoms with Gasteiger partial charge in [-0.1, -0.05) is 28.9 Å². The molecule has 2 aromatic rings. The Hall–Kier alpha value is -3.21. The quantitative estimate of drug-likeness (QED) is 0.194. The van der Waals surface area contributed by atoms with Crippen LogP contribution in [0.15, 0.2) is 58.6 Å². The number of hydrogen-bond acceptors (Lipinski definition) is 8. The lowest BCUT2D eigenvalue weighted by Gasteiger charge is -2.35. The van der Waals surface area contributed by atoms with E-state index in [1.807, 2.05) is 24.3 Å². The van der Waals surface area contributed by atoms with Gasteiger partial charge in [-0.15, -0.1) is 0 Å². The molecule has 1 heterocycles. The van der Waals surface area contributed by atoms with Crippen LogP contribution in [0.3, 0.4) is 0 Å². The van der Waals surface area contributed by atoms with Crippen LogP contribution in [-0.2, 0) is 9.53 Å². The molecule has 2 N–H and O–H groups in total. The van der Waals surface area contributed by atoms with Crippen molar-refractivity contribution in [2.24, 2.45) is 5.84 Å². The number of carbonyl (C=O) groups excluding carboxylic acids is 1. The van der Waals surface area contributed by atoms with Crippen molar-refractivity contribution in [1.82, 2.24) is 0 Å². The number of rotatable bonds is 7. The number of ether oxygens (including phenoxy) is 3. The monoisotopic (exact) mass is 571 g/mol. The van der Waals surface area contributed by atoms with Crippen molar-refractivity contribution in [2.75, 3.05) is 18.4 Å².